The van der Waals surface area contributed by atoms with Crippen molar-refractivity contribution in [3.8, 4) is 11.1 Å². The number of rotatable bonds is 19. The molecule has 3 aromatic rings. The minimum Gasteiger partial charge on any atom is -0.370 e. The number of nitrogens with one attached hydrogen (secondary N) is 2. The van der Waals surface area contributed by atoms with Crippen LogP contribution < -0.4 is 39.3 Å². The summed E-state index contributed by atoms with van der Waals surface area (Å²) in [6.07, 6.45) is 1.67. The van der Waals surface area contributed by atoms with Gasteiger partial charge in [0.2, 0.25) is 17.7 Å². The van der Waals surface area contributed by atoms with Crippen LogP contribution in [0.3, 0.4) is 0 Å². The smallest absolute Gasteiger partial charge is 0.245 e. The predicted molar refractivity (Wildman–Crippen MR) is 195 cm³/mol. The molecule has 0 aliphatic rings. The van der Waals surface area contributed by atoms with Crippen molar-refractivity contribution < 1.29 is 14.4 Å². The van der Waals surface area contributed by atoms with Gasteiger partial charge < -0.3 is 44.2 Å². The van der Waals surface area contributed by atoms with Gasteiger partial charge in [0.1, 0.15) is 12.1 Å². The highest BCUT2D eigenvalue weighted by Crippen LogP contribution is 2.20. The van der Waals surface area contributed by atoms with Gasteiger partial charge >= 0.3 is 0 Å². The summed E-state index contributed by atoms with van der Waals surface area (Å²) in [6.45, 7) is 3.29. The number of guanidine groups is 2. The molecule has 3 rings (SSSR count). The summed E-state index contributed by atoms with van der Waals surface area (Å²) in [5.41, 5.74) is 31.8. The van der Waals surface area contributed by atoms with Crippen molar-refractivity contribution in [1.29, 1.82) is 0 Å². The summed E-state index contributed by atoms with van der Waals surface area (Å²) in [7, 11) is 0. The van der Waals surface area contributed by atoms with Crippen LogP contribution in [0.2, 0.25) is 0 Å². The van der Waals surface area contributed by atoms with E-state index in [0.717, 1.165) is 22.3 Å². The molecule has 0 heterocycles. The Morgan fingerprint density at radius 1 is 0.673 bits per heavy atom. The number of hydrogen-bond acceptors (Lipinski definition) is 6. The number of benzene rings is 3. The lowest BCUT2D eigenvalue weighted by atomic mass is 9.99. The van der Waals surface area contributed by atoms with Crippen LogP contribution in [-0.4, -0.2) is 72.3 Å². The first-order valence-corrected chi connectivity index (χ1v) is 16.5. The molecular formula is C36H50N10O3. The fourth-order valence-electron chi connectivity index (χ4n) is 5.24. The second-order valence-corrected chi connectivity index (χ2v) is 11.7. The van der Waals surface area contributed by atoms with Gasteiger partial charge in [0, 0.05) is 32.6 Å². The van der Waals surface area contributed by atoms with Crippen molar-refractivity contribution in [3.63, 3.8) is 0 Å². The number of hydrogen-bond donors (Lipinski definition) is 7. The van der Waals surface area contributed by atoms with Gasteiger partial charge in [-0.1, -0.05) is 84.9 Å². The summed E-state index contributed by atoms with van der Waals surface area (Å²) >= 11 is 0. The van der Waals surface area contributed by atoms with Crippen molar-refractivity contribution in [2.45, 2.75) is 63.7 Å². The number of amides is 3. The molecule has 0 radical (unpaired) electrons. The predicted octanol–water partition coefficient (Wildman–Crippen LogP) is 1.35. The molecule has 0 unspecified atom stereocenters. The number of nitrogens with two attached hydrogens (primary N) is 5. The van der Waals surface area contributed by atoms with E-state index in [1.54, 1.807) is 4.90 Å². The van der Waals surface area contributed by atoms with Crippen LogP contribution in [0.15, 0.2) is 94.9 Å². The Bertz CT molecular complexity index is 1520. The fourth-order valence-corrected chi connectivity index (χ4v) is 5.24. The van der Waals surface area contributed by atoms with E-state index < -0.39 is 29.9 Å². The number of likely N-dealkylation sites (N-methyl/N-ethyl adjacent to an activating group) is 1. The van der Waals surface area contributed by atoms with E-state index in [9.17, 15) is 14.4 Å². The Labute approximate surface area is 288 Å². The first-order valence-electron chi connectivity index (χ1n) is 16.5. The molecule has 0 saturated carbocycles. The second-order valence-electron chi connectivity index (χ2n) is 11.7. The van der Waals surface area contributed by atoms with Gasteiger partial charge in [-0.25, -0.2) is 0 Å². The molecule has 3 atom stereocenters. The molecular weight excluding hydrogens is 620 g/mol. The minimum absolute atomic E-state index is 0.0409. The topological polar surface area (TPSA) is 233 Å². The van der Waals surface area contributed by atoms with Crippen LogP contribution in [0, 0.1) is 0 Å². The molecule has 3 aromatic carbocycles. The van der Waals surface area contributed by atoms with E-state index in [2.05, 4.69) is 20.6 Å². The van der Waals surface area contributed by atoms with Crippen LogP contribution in [0.25, 0.3) is 11.1 Å². The average Bonchev–Trinajstić information content (AvgIpc) is 3.10. The van der Waals surface area contributed by atoms with Gasteiger partial charge in [-0.15, -0.1) is 0 Å². The number of aliphatic imine (C=N–C) groups is 2. The van der Waals surface area contributed by atoms with Gasteiger partial charge in [0.25, 0.3) is 0 Å². The standard InChI is InChI=1S/C36H50N10O3/c1-2-46(24-26-11-5-3-6-12-26)34(49)30(16-10-22-43-36(40)41)44-33(48)31(45-32(47)29(37)15-9-21-42-35(38)39)23-25-17-19-28(20-18-25)27-13-7-4-8-14-27/h3-8,11-14,17-20,29-31H,2,9-10,15-16,21-24,37H2,1H3,(H,44,48)(H,45,47)(H4,38,39,42)(H4,40,41,43)/t29-,30-,31-/m0/s1. The van der Waals surface area contributed by atoms with Crippen molar-refractivity contribution in [2.75, 3.05) is 19.6 Å². The molecule has 13 heteroatoms. The zero-order chi connectivity index (χ0) is 35.6. The zero-order valence-electron chi connectivity index (χ0n) is 28.1. The van der Waals surface area contributed by atoms with E-state index >= 15 is 0 Å². The maximum absolute atomic E-state index is 14.0. The first kappa shape index (κ1) is 38.0. The third kappa shape index (κ3) is 13.3. The molecule has 0 aromatic heterocycles. The van der Waals surface area contributed by atoms with Crippen LogP contribution in [0.1, 0.15) is 43.7 Å². The Morgan fingerprint density at radius 3 is 1.78 bits per heavy atom. The van der Waals surface area contributed by atoms with E-state index in [0.29, 0.717) is 38.9 Å². The van der Waals surface area contributed by atoms with Crippen molar-refractivity contribution in [2.24, 2.45) is 38.7 Å². The molecule has 0 bridgehead atoms. The fraction of sp³-hybridized carbons (Fsp3) is 0.361. The number of nitrogens with zero attached hydrogens (tertiary/aromatic N) is 3. The number of carbonyl (C=O) groups excluding carboxylic acids is 3. The highest BCUT2D eigenvalue weighted by Gasteiger charge is 2.30. The first-order chi connectivity index (χ1) is 23.6. The van der Waals surface area contributed by atoms with Gasteiger partial charge in [0.15, 0.2) is 11.9 Å². The van der Waals surface area contributed by atoms with Crippen LogP contribution in [0.4, 0.5) is 0 Å². The highest BCUT2D eigenvalue weighted by molar-refractivity contribution is 5.93. The molecule has 0 aliphatic carbocycles. The second kappa shape index (κ2) is 20.1. The molecule has 262 valence electrons. The molecule has 49 heavy (non-hydrogen) atoms. The summed E-state index contributed by atoms with van der Waals surface area (Å²) in [6, 6.07) is 24.5. The Hall–Kier alpha value is -5.43. The van der Waals surface area contributed by atoms with E-state index in [4.69, 9.17) is 28.7 Å². The van der Waals surface area contributed by atoms with E-state index in [1.165, 1.54) is 0 Å². The van der Waals surface area contributed by atoms with Crippen molar-refractivity contribution in [3.05, 3.63) is 96.1 Å². The Kier molecular flexibility index (Phi) is 15.6. The van der Waals surface area contributed by atoms with Crippen LogP contribution in [-0.2, 0) is 27.3 Å². The third-order valence-corrected chi connectivity index (χ3v) is 7.91. The van der Waals surface area contributed by atoms with Crippen molar-refractivity contribution in [1.82, 2.24) is 15.5 Å². The molecule has 12 N–H and O–H groups in total. The van der Waals surface area contributed by atoms with Gasteiger partial charge in [-0.05, 0) is 54.9 Å². The SMILES string of the molecule is CCN(Cc1ccccc1)C(=O)[C@H](CCCN=C(N)N)NC(=O)[C@H](Cc1ccc(-c2ccccc2)cc1)NC(=O)[C@@H](N)CCCN=C(N)N. The van der Waals surface area contributed by atoms with Gasteiger partial charge in [0.05, 0.1) is 6.04 Å². The zero-order valence-corrected chi connectivity index (χ0v) is 28.1. The normalized spacial score (nSPS) is 12.5. The van der Waals surface area contributed by atoms with Gasteiger partial charge in [-0.3, -0.25) is 24.4 Å². The van der Waals surface area contributed by atoms with Crippen LogP contribution in [0.5, 0.6) is 0 Å². The summed E-state index contributed by atoms with van der Waals surface area (Å²) < 4.78 is 0. The van der Waals surface area contributed by atoms with E-state index in [-0.39, 0.29) is 37.2 Å². The molecule has 13 nitrogen and oxygen atoms in total. The maximum atomic E-state index is 14.0. The Morgan fingerprint density at radius 2 is 1.20 bits per heavy atom. The molecule has 3 amide bonds. The summed E-state index contributed by atoms with van der Waals surface area (Å²) in [5, 5.41) is 5.76. The lowest BCUT2D eigenvalue weighted by molar-refractivity contribution is -0.138. The summed E-state index contributed by atoms with van der Waals surface area (Å²) in [4.78, 5) is 50.8. The summed E-state index contributed by atoms with van der Waals surface area (Å²) in [5.74, 6) is -1.36. The van der Waals surface area contributed by atoms with Crippen molar-refractivity contribution >= 4 is 29.6 Å². The maximum Gasteiger partial charge on any atom is 0.245 e. The molecule has 0 fully saturated rings. The lowest BCUT2D eigenvalue weighted by Crippen LogP contribution is -2.56. The van der Waals surface area contributed by atoms with E-state index in [1.807, 2.05) is 91.9 Å². The van der Waals surface area contributed by atoms with Crippen LogP contribution >= 0.6 is 0 Å². The highest BCUT2D eigenvalue weighted by atomic mass is 16.2. The molecule has 0 aliphatic heterocycles. The largest absolute Gasteiger partial charge is 0.370 e. The number of carbonyl (C=O) groups is 3. The Balaban J connectivity index is 1.83. The molecule has 0 spiro atoms. The third-order valence-electron chi connectivity index (χ3n) is 7.91. The monoisotopic (exact) mass is 670 g/mol. The van der Waals surface area contributed by atoms with Gasteiger partial charge in [-0.2, -0.15) is 0 Å². The average molecular weight is 671 g/mol. The molecule has 0 saturated heterocycles. The quantitative estimate of drug-likeness (QED) is 0.0557. The minimum atomic E-state index is -1.02. The lowest BCUT2D eigenvalue weighted by Gasteiger charge is -2.29.